The lowest BCUT2D eigenvalue weighted by atomic mass is 10.0. The van der Waals surface area contributed by atoms with Crippen molar-refractivity contribution in [2.75, 3.05) is 10.7 Å². The molecular formula is C16H21N3O2S. The molecule has 0 atom stereocenters. The van der Waals surface area contributed by atoms with Gasteiger partial charge in [-0.2, -0.15) is 4.99 Å². The first-order valence-corrected chi connectivity index (χ1v) is 8.32. The standard InChI is InChI=1S/C16H21N3O2S/c1-10(2)12-7-5-6-8-13(12)19-14(20)9-22-16(19)18-15(21)17-11(3)4/h5-8,10-11H,9H2,1-4H3,(H,17,21)/b18-16-. The second kappa shape index (κ2) is 6.96. The van der Waals surface area contributed by atoms with Gasteiger partial charge in [-0.25, -0.2) is 4.79 Å². The van der Waals surface area contributed by atoms with Crippen LogP contribution in [-0.4, -0.2) is 28.9 Å². The lowest BCUT2D eigenvalue weighted by Gasteiger charge is -2.21. The molecule has 1 heterocycles. The highest BCUT2D eigenvalue weighted by Crippen LogP contribution is 2.33. The summed E-state index contributed by atoms with van der Waals surface area (Å²) in [5.41, 5.74) is 1.87. The van der Waals surface area contributed by atoms with E-state index in [4.69, 9.17) is 0 Å². The molecule has 5 nitrogen and oxygen atoms in total. The number of rotatable bonds is 3. The van der Waals surface area contributed by atoms with Gasteiger partial charge in [-0.3, -0.25) is 9.69 Å². The average molecular weight is 319 g/mol. The molecule has 1 aliphatic rings. The van der Waals surface area contributed by atoms with Crippen molar-refractivity contribution in [1.29, 1.82) is 0 Å². The molecule has 3 amide bonds. The van der Waals surface area contributed by atoms with Crippen molar-refractivity contribution in [2.24, 2.45) is 4.99 Å². The quantitative estimate of drug-likeness (QED) is 0.929. The van der Waals surface area contributed by atoms with Crippen LogP contribution in [0, 0.1) is 0 Å². The second-order valence-electron chi connectivity index (χ2n) is 5.73. The van der Waals surface area contributed by atoms with Gasteiger partial charge in [0.05, 0.1) is 11.4 Å². The van der Waals surface area contributed by atoms with Crippen LogP contribution in [0.5, 0.6) is 0 Å². The van der Waals surface area contributed by atoms with Crippen LogP contribution in [0.4, 0.5) is 10.5 Å². The van der Waals surface area contributed by atoms with E-state index in [-0.39, 0.29) is 17.9 Å². The number of nitrogens with one attached hydrogen (secondary N) is 1. The normalized spacial score (nSPS) is 16.9. The Bertz CT molecular complexity index is 611. The summed E-state index contributed by atoms with van der Waals surface area (Å²) in [6, 6.07) is 7.34. The number of hydrogen-bond acceptors (Lipinski definition) is 3. The lowest BCUT2D eigenvalue weighted by Crippen LogP contribution is -2.33. The van der Waals surface area contributed by atoms with Crippen LogP contribution < -0.4 is 10.2 Å². The fraction of sp³-hybridized carbons (Fsp3) is 0.438. The summed E-state index contributed by atoms with van der Waals surface area (Å²) in [4.78, 5) is 29.7. The third-order valence-corrected chi connectivity index (χ3v) is 4.10. The minimum atomic E-state index is -0.417. The van der Waals surface area contributed by atoms with Gasteiger partial charge in [-0.15, -0.1) is 0 Å². The van der Waals surface area contributed by atoms with Gasteiger partial charge in [0.15, 0.2) is 5.17 Å². The van der Waals surface area contributed by atoms with E-state index in [0.717, 1.165) is 11.3 Å². The van der Waals surface area contributed by atoms with Crippen molar-refractivity contribution >= 4 is 34.6 Å². The van der Waals surface area contributed by atoms with Gasteiger partial charge in [0.25, 0.3) is 0 Å². The van der Waals surface area contributed by atoms with Crippen molar-refractivity contribution in [1.82, 2.24) is 5.32 Å². The summed E-state index contributed by atoms with van der Waals surface area (Å²) >= 11 is 1.29. The number of benzene rings is 1. The second-order valence-corrected chi connectivity index (χ2v) is 6.67. The van der Waals surface area contributed by atoms with Crippen LogP contribution in [0.15, 0.2) is 29.3 Å². The van der Waals surface area contributed by atoms with E-state index in [1.165, 1.54) is 11.8 Å². The van der Waals surface area contributed by atoms with Gasteiger partial charge in [-0.1, -0.05) is 43.8 Å². The van der Waals surface area contributed by atoms with Gasteiger partial charge >= 0.3 is 6.03 Å². The van der Waals surface area contributed by atoms with Crippen LogP contribution in [0.1, 0.15) is 39.2 Å². The van der Waals surface area contributed by atoms with Gasteiger partial charge in [-0.05, 0) is 31.4 Å². The van der Waals surface area contributed by atoms with Crippen molar-refractivity contribution in [3.05, 3.63) is 29.8 Å². The summed E-state index contributed by atoms with van der Waals surface area (Å²) in [6.07, 6.45) is 0. The SMILES string of the molecule is CC(C)NC(=O)/N=C1\SCC(=O)N1c1ccccc1C(C)C. The van der Waals surface area contributed by atoms with Gasteiger partial charge in [0.2, 0.25) is 5.91 Å². The highest BCUT2D eigenvalue weighted by molar-refractivity contribution is 8.15. The molecule has 1 aliphatic heterocycles. The molecule has 1 saturated heterocycles. The number of nitrogens with zero attached hydrogens (tertiary/aromatic N) is 2. The number of carbonyl (C=O) groups is 2. The zero-order chi connectivity index (χ0) is 16.3. The first kappa shape index (κ1) is 16.5. The smallest absolute Gasteiger partial charge is 0.334 e. The van der Waals surface area contributed by atoms with E-state index in [2.05, 4.69) is 24.2 Å². The Hall–Kier alpha value is -1.82. The average Bonchev–Trinajstić information content (AvgIpc) is 2.78. The molecule has 6 heteroatoms. The van der Waals surface area contributed by atoms with Gasteiger partial charge in [0, 0.05) is 6.04 Å². The minimum absolute atomic E-state index is 0.00959. The Balaban J connectivity index is 2.37. The molecule has 0 bridgehead atoms. The molecule has 0 radical (unpaired) electrons. The molecule has 1 fully saturated rings. The van der Waals surface area contributed by atoms with Crippen molar-refractivity contribution < 1.29 is 9.59 Å². The number of aliphatic imine (C=N–C) groups is 1. The zero-order valence-electron chi connectivity index (χ0n) is 13.3. The minimum Gasteiger partial charge on any atom is -0.334 e. The molecule has 2 rings (SSSR count). The Morgan fingerprint density at radius 1 is 1.27 bits per heavy atom. The molecule has 118 valence electrons. The topological polar surface area (TPSA) is 61.8 Å². The molecule has 0 aliphatic carbocycles. The molecule has 1 aromatic rings. The number of hydrogen-bond donors (Lipinski definition) is 1. The number of amides is 3. The molecule has 22 heavy (non-hydrogen) atoms. The van der Waals surface area contributed by atoms with Crippen LogP contribution in [0.3, 0.4) is 0 Å². The Morgan fingerprint density at radius 2 is 1.95 bits per heavy atom. The predicted octanol–water partition coefficient (Wildman–Crippen LogP) is 3.36. The summed E-state index contributed by atoms with van der Waals surface area (Å²) in [6.45, 7) is 7.90. The highest BCUT2D eigenvalue weighted by atomic mass is 32.2. The predicted molar refractivity (Wildman–Crippen MR) is 91.6 cm³/mol. The van der Waals surface area contributed by atoms with E-state index < -0.39 is 6.03 Å². The van der Waals surface area contributed by atoms with Crippen molar-refractivity contribution in [2.45, 2.75) is 39.7 Å². The van der Waals surface area contributed by atoms with Crippen LogP contribution in [0.2, 0.25) is 0 Å². The molecule has 0 spiro atoms. The molecule has 0 saturated carbocycles. The summed E-state index contributed by atoms with van der Waals surface area (Å²) in [7, 11) is 0. The number of anilines is 1. The number of urea groups is 1. The van der Waals surface area contributed by atoms with Crippen LogP contribution in [-0.2, 0) is 4.79 Å². The van der Waals surface area contributed by atoms with E-state index in [1.807, 2.05) is 38.1 Å². The van der Waals surface area contributed by atoms with Gasteiger partial charge < -0.3 is 5.32 Å². The van der Waals surface area contributed by atoms with E-state index in [1.54, 1.807) is 4.90 Å². The highest BCUT2D eigenvalue weighted by Gasteiger charge is 2.32. The summed E-state index contributed by atoms with van der Waals surface area (Å²) in [5.74, 6) is 0.537. The molecule has 1 N–H and O–H groups in total. The Morgan fingerprint density at radius 3 is 2.59 bits per heavy atom. The van der Waals surface area contributed by atoms with Crippen molar-refractivity contribution in [3.8, 4) is 0 Å². The number of amidine groups is 1. The first-order valence-electron chi connectivity index (χ1n) is 7.34. The fourth-order valence-electron chi connectivity index (χ4n) is 2.23. The summed E-state index contributed by atoms with van der Waals surface area (Å²) in [5, 5.41) is 3.16. The number of para-hydroxylation sites is 1. The van der Waals surface area contributed by atoms with E-state index in [9.17, 15) is 9.59 Å². The third-order valence-electron chi connectivity index (χ3n) is 3.17. The van der Waals surface area contributed by atoms with Crippen molar-refractivity contribution in [3.63, 3.8) is 0 Å². The molecular weight excluding hydrogens is 298 g/mol. The van der Waals surface area contributed by atoms with Crippen LogP contribution >= 0.6 is 11.8 Å². The fourth-order valence-corrected chi connectivity index (χ4v) is 3.09. The third kappa shape index (κ3) is 3.68. The monoisotopic (exact) mass is 319 g/mol. The van der Waals surface area contributed by atoms with Crippen LogP contribution in [0.25, 0.3) is 0 Å². The maximum atomic E-state index is 12.3. The Labute approximate surface area is 135 Å². The largest absolute Gasteiger partial charge is 0.343 e. The molecule has 1 aromatic carbocycles. The lowest BCUT2D eigenvalue weighted by molar-refractivity contribution is -0.115. The molecule has 0 aromatic heterocycles. The zero-order valence-corrected chi connectivity index (χ0v) is 14.1. The number of thioether (sulfide) groups is 1. The maximum absolute atomic E-state index is 12.3. The summed E-state index contributed by atoms with van der Waals surface area (Å²) < 4.78 is 0. The maximum Gasteiger partial charge on any atom is 0.343 e. The van der Waals surface area contributed by atoms with E-state index >= 15 is 0 Å². The Kier molecular flexibility index (Phi) is 5.24. The van der Waals surface area contributed by atoms with Gasteiger partial charge in [0.1, 0.15) is 0 Å². The first-order chi connectivity index (χ1) is 10.4. The molecule has 0 unspecified atom stereocenters. The number of carbonyl (C=O) groups excluding carboxylic acids is 2. The van der Waals surface area contributed by atoms with E-state index in [0.29, 0.717) is 10.9 Å².